The second kappa shape index (κ2) is 9.47. The minimum Gasteiger partial charge on any atom is -0.372 e. The summed E-state index contributed by atoms with van der Waals surface area (Å²) in [7, 11) is -3.75. The van der Waals surface area contributed by atoms with Crippen molar-refractivity contribution in [2.75, 3.05) is 38.6 Å². The van der Waals surface area contributed by atoms with Gasteiger partial charge in [0.05, 0.1) is 10.6 Å². The molecule has 2 aromatic carbocycles. The Bertz CT molecular complexity index is 1030. The van der Waals surface area contributed by atoms with E-state index in [1.165, 1.54) is 18.4 Å². The molecule has 0 aliphatic carbocycles. The molecule has 0 saturated carbocycles. The lowest BCUT2D eigenvalue weighted by molar-refractivity contribution is 0.402. The summed E-state index contributed by atoms with van der Waals surface area (Å²) in [6.45, 7) is 2.07. The van der Waals surface area contributed by atoms with Gasteiger partial charge < -0.3 is 4.90 Å². The van der Waals surface area contributed by atoms with E-state index in [2.05, 4.69) is 9.62 Å². The van der Waals surface area contributed by atoms with Crippen molar-refractivity contribution in [3.05, 3.63) is 60.2 Å². The molecular weight excluding hydrogens is 422 g/mol. The average molecular weight is 452 g/mol. The predicted octanol–water partition coefficient (Wildman–Crippen LogP) is 2.27. The van der Waals surface area contributed by atoms with Crippen LogP contribution in [-0.4, -0.2) is 54.9 Å². The van der Waals surface area contributed by atoms with Crippen LogP contribution in [0.2, 0.25) is 0 Å². The minimum atomic E-state index is -3.43. The second-order valence-electron chi connectivity index (χ2n) is 7.80. The Kier molecular flexibility index (Phi) is 7.18. The Hall–Kier alpha value is -1.94. The lowest BCUT2D eigenvalue weighted by atomic mass is 9.97. The van der Waals surface area contributed by atoms with Crippen molar-refractivity contribution in [1.29, 1.82) is 0 Å². The van der Waals surface area contributed by atoms with Crippen LogP contribution in [0.15, 0.2) is 59.5 Å². The number of hydrogen-bond donors (Lipinski definition) is 1. The Morgan fingerprint density at radius 1 is 0.933 bits per heavy atom. The SMILES string of the molecule is CN(C)S(=O)(=O)c1ccc(N2CCC(CNS(=O)(=O)Cc3ccccc3)CC2)cc1. The largest absolute Gasteiger partial charge is 0.372 e. The Morgan fingerprint density at radius 2 is 1.53 bits per heavy atom. The normalized spacial score (nSPS) is 16.2. The van der Waals surface area contributed by atoms with Crippen LogP contribution in [0.5, 0.6) is 0 Å². The third kappa shape index (κ3) is 5.81. The van der Waals surface area contributed by atoms with Crippen LogP contribution in [0, 0.1) is 5.92 Å². The van der Waals surface area contributed by atoms with E-state index in [-0.39, 0.29) is 10.6 Å². The number of anilines is 1. The molecule has 0 spiro atoms. The first-order chi connectivity index (χ1) is 14.2. The first-order valence-electron chi connectivity index (χ1n) is 9.96. The molecule has 1 aliphatic rings. The van der Waals surface area contributed by atoms with Gasteiger partial charge in [-0.25, -0.2) is 25.9 Å². The molecule has 1 N–H and O–H groups in total. The van der Waals surface area contributed by atoms with Crippen molar-refractivity contribution in [2.24, 2.45) is 5.92 Å². The molecule has 1 heterocycles. The van der Waals surface area contributed by atoms with Crippen molar-refractivity contribution < 1.29 is 16.8 Å². The van der Waals surface area contributed by atoms with E-state index in [0.717, 1.165) is 37.2 Å². The van der Waals surface area contributed by atoms with E-state index in [9.17, 15) is 16.8 Å². The smallest absolute Gasteiger partial charge is 0.242 e. The minimum absolute atomic E-state index is 0.00507. The lowest BCUT2D eigenvalue weighted by Gasteiger charge is -2.33. The quantitative estimate of drug-likeness (QED) is 0.665. The Morgan fingerprint density at radius 3 is 2.10 bits per heavy atom. The van der Waals surface area contributed by atoms with Crippen molar-refractivity contribution in [3.8, 4) is 0 Å². The number of nitrogens with one attached hydrogen (secondary N) is 1. The number of piperidine rings is 1. The fourth-order valence-corrected chi connectivity index (χ4v) is 5.65. The molecule has 7 nitrogen and oxygen atoms in total. The van der Waals surface area contributed by atoms with E-state index in [1.54, 1.807) is 12.1 Å². The molecule has 0 unspecified atom stereocenters. The highest BCUT2D eigenvalue weighted by Gasteiger charge is 2.22. The zero-order valence-electron chi connectivity index (χ0n) is 17.4. The fraction of sp³-hybridized carbons (Fsp3) is 0.429. The first kappa shape index (κ1) is 22.7. The molecule has 0 amide bonds. The first-order valence-corrected chi connectivity index (χ1v) is 13.1. The van der Waals surface area contributed by atoms with Crippen LogP contribution >= 0.6 is 0 Å². The molecule has 164 valence electrons. The van der Waals surface area contributed by atoms with Gasteiger partial charge in [-0.3, -0.25) is 0 Å². The number of rotatable bonds is 8. The van der Waals surface area contributed by atoms with E-state index in [0.29, 0.717) is 12.5 Å². The van der Waals surface area contributed by atoms with Crippen LogP contribution in [0.4, 0.5) is 5.69 Å². The average Bonchev–Trinajstić information content (AvgIpc) is 2.73. The van der Waals surface area contributed by atoms with Crippen LogP contribution < -0.4 is 9.62 Å². The number of hydrogen-bond acceptors (Lipinski definition) is 5. The highest BCUT2D eigenvalue weighted by atomic mass is 32.2. The van der Waals surface area contributed by atoms with Crippen molar-refractivity contribution in [3.63, 3.8) is 0 Å². The van der Waals surface area contributed by atoms with Crippen LogP contribution in [0.3, 0.4) is 0 Å². The van der Waals surface area contributed by atoms with Crippen molar-refractivity contribution >= 4 is 25.7 Å². The molecule has 1 fully saturated rings. The van der Waals surface area contributed by atoms with Gasteiger partial charge in [-0.1, -0.05) is 30.3 Å². The topological polar surface area (TPSA) is 86.8 Å². The zero-order valence-corrected chi connectivity index (χ0v) is 19.0. The highest BCUT2D eigenvalue weighted by molar-refractivity contribution is 7.89. The summed E-state index contributed by atoms with van der Waals surface area (Å²) in [5, 5.41) is 0. The van der Waals surface area contributed by atoms with Gasteiger partial charge in [-0.05, 0) is 48.6 Å². The molecule has 0 radical (unpaired) electrons. The van der Waals surface area contributed by atoms with E-state index >= 15 is 0 Å². The van der Waals surface area contributed by atoms with Gasteiger partial charge in [0.1, 0.15) is 0 Å². The third-order valence-corrected chi connectivity index (χ3v) is 8.54. The Labute approximate surface area is 179 Å². The fourth-order valence-electron chi connectivity index (χ4n) is 3.52. The number of benzene rings is 2. The standard InChI is InChI=1S/C21H29N3O4S2/c1-23(2)30(27,28)21-10-8-20(9-11-21)24-14-12-18(13-15-24)16-22-29(25,26)17-19-6-4-3-5-7-19/h3-11,18,22H,12-17H2,1-2H3. The molecule has 3 rings (SSSR count). The van der Waals surface area contributed by atoms with Gasteiger partial charge in [0.25, 0.3) is 0 Å². The summed E-state index contributed by atoms with van der Waals surface area (Å²) in [6.07, 6.45) is 1.76. The number of nitrogens with zero attached hydrogens (tertiary/aromatic N) is 2. The van der Waals surface area contributed by atoms with Gasteiger partial charge in [0.2, 0.25) is 20.0 Å². The Balaban J connectivity index is 1.50. The molecular formula is C21H29N3O4S2. The van der Waals surface area contributed by atoms with Crippen LogP contribution in [-0.2, 0) is 25.8 Å². The van der Waals surface area contributed by atoms with Gasteiger partial charge >= 0.3 is 0 Å². The van der Waals surface area contributed by atoms with Crippen molar-refractivity contribution in [2.45, 2.75) is 23.5 Å². The summed E-state index contributed by atoms with van der Waals surface area (Å²) in [4.78, 5) is 2.49. The molecule has 0 aromatic heterocycles. The summed E-state index contributed by atoms with van der Waals surface area (Å²) in [6, 6.07) is 16.1. The maximum Gasteiger partial charge on any atom is 0.242 e. The zero-order chi connectivity index (χ0) is 21.8. The highest BCUT2D eigenvalue weighted by Crippen LogP contribution is 2.25. The molecule has 0 bridgehead atoms. The van der Waals surface area contributed by atoms with Gasteiger partial charge in [0.15, 0.2) is 0 Å². The maximum atomic E-state index is 12.3. The molecule has 30 heavy (non-hydrogen) atoms. The second-order valence-corrected chi connectivity index (χ2v) is 11.8. The molecule has 9 heteroatoms. The van der Waals surface area contributed by atoms with E-state index in [4.69, 9.17) is 0 Å². The third-order valence-electron chi connectivity index (χ3n) is 5.39. The van der Waals surface area contributed by atoms with Crippen LogP contribution in [0.1, 0.15) is 18.4 Å². The lowest BCUT2D eigenvalue weighted by Crippen LogP contribution is -2.39. The van der Waals surface area contributed by atoms with E-state index < -0.39 is 20.0 Å². The molecule has 2 aromatic rings. The summed E-state index contributed by atoms with van der Waals surface area (Å²) in [5.74, 6) is 0.287. The summed E-state index contributed by atoms with van der Waals surface area (Å²) >= 11 is 0. The number of sulfonamides is 2. The summed E-state index contributed by atoms with van der Waals surface area (Å²) < 4.78 is 53.0. The monoisotopic (exact) mass is 451 g/mol. The van der Waals surface area contributed by atoms with Gasteiger partial charge in [-0.2, -0.15) is 0 Å². The summed E-state index contributed by atoms with van der Waals surface area (Å²) in [5.41, 5.74) is 1.76. The van der Waals surface area contributed by atoms with Crippen molar-refractivity contribution in [1.82, 2.24) is 9.03 Å². The molecule has 1 aliphatic heterocycles. The van der Waals surface area contributed by atoms with Gasteiger partial charge in [0, 0.05) is 39.4 Å². The maximum absolute atomic E-state index is 12.3. The predicted molar refractivity (Wildman–Crippen MR) is 119 cm³/mol. The molecule has 1 saturated heterocycles. The molecule has 0 atom stereocenters. The van der Waals surface area contributed by atoms with Crippen LogP contribution in [0.25, 0.3) is 0 Å². The van der Waals surface area contributed by atoms with Gasteiger partial charge in [-0.15, -0.1) is 0 Å². The van der Waals surface area contributed by atoms with E-state index in [1.807, 2.05) is 42.5 Å².